The summed E-state index contributed by atoms with van der Waals surface area (Å²) in [7, 11) is 0. The van der Waals surface area contributed by atoms with Crippen LogP contribution in [-0.4, -0.2) is 36.1 Å². The summed E-state index contributed by atoms with van der Waals surface area (Å²) in [5, 5.41) is 13.9. The molecule has 0 bridgehead atoms. The number of unbranched alkanes of at least 4 members (excludes halogenated alkanes) is 1. The first-order valence-corrected chi connectivity index (χ1v) is 6.74. The number of para-hydroxylation sites is 2. The Morgan fingerprint density at radius 2 is 2.05 bits per heavy atom. The number of hydrogen-bond acceptors (Lipinski definition) is 3. The van der Waals surface area contributed by atoms with Gasteiger partial charge in [-0.2, -0.15) is 0 Å². The number of fused-ring (bicyclic) bond motifs is 1. The normalized spacial score (nSPS) is 13.3. The van der Waals surface area contributed by atoms with E-state index in [1.165, 1.54) is 4.90 Å². The monoisotopic (exact) mass is 291 g/mol. The van der Waals surface area contributed by atoms with E-state index in [4.69, 9.17) is 5.11 Å². The van der Waals surface area contributed by atoms with Gasteiger partial charge in [-0.3, -0.25) is 14.5 Å². The van der Waals surface area contributed by atoms with E-state index in [0.29, 0.717) is 30.8 Å². The number of carboxylic acids is 1. The van der Waals surface area contributed by atoms with Gasteiger partial charge in [-0.05, 0) is 25.0 Å². The van der Waals surface area contributed by atoms with E-state index in [1.54, 1.807) is 24.3 Å². The van der Waals surface area contributed by atoms with Crippen molar-refractivity contribution in [3.63, 3.8) is 0 Å². The van der Waals surface area contributed by atoms with Crippen molar-refractivity contribution < 1.29 is 19.5 Å². The van der Waals surface area contributed by atoms with Gasteiger partial charge in [0.25, 0.3) is 0 Å². The Morgan fingerprint density at radius 3 is 2.81 bits per heavy atom. The van der Waals surface area contributed by atoms with Crippen molar-refractivity contribution in [2.45, 2.75) is 19.3 Å². The summed E-state index contributed by atoms with van der Waals surface area (Å²) < 4.78 is 0. The van der Waals surface area contributed by atoms with Crippen LogP contribution in [0.2, 0.25) is 0 Å². The fraction of sp³-hybridized carbons (Fsp3) is 0.357. The highest BCUT2D eigenvalue weighted by Gasteiger charge is 2.26. The number of carbonyl (C=O) groups is 3. The maximum absolute atomic E-state index is 12.1. The summed E-state index contributed by atoms with van der Waals surface area (Å²) in [5.74, 6) is -1.09. The minimum Gasteiger partial charge on any atom is -0.481 e. The van der Waals surface area contributed by atoms with Crippen molar-refractivity contribution in [2.24, 2.45) is 0 Å². The fourth-order valence-electron chi connectivity index (χ4n) is 2.11. The number of nitrogens with zero attached hydrogens (tertiary/aromatic N) is 1. The number of aliphatic carboxylic acids is 1. The molecule has 0 saturated heterocycles. The third kappa shape index (κ3) is 3.95. The fourth-order valence-corrected chi connectivity index (χ4v) is 2.11. The first-order chi connectivity index (χ1) is 10.1. The van der Waals surface area contributed by atoms with E-state index in [0.717, 1.165) is 0 Å². The number of anilines is 2. The van der Waals surface area contributed by atoms with Gasteiger partial charge in [-0.1, -0.05) is 12.1 Å². The molecule has 112 valence electrons. The van der Waals surface area contributed by atoms with Gasteiger partial charge in [0.05, 0.1) is 11.4 Å². The number of nitrogens with one attached hydrogen (secondary N) is 2. The number of rotatable bonds is 5. The van der Waals surface area contributed by atoms with E-state index in [-0.39, 0.29) is 24.9 Å². The maximum Gasteiger partial charge on any atom is 0.322 e. The Balaban J connectivity index is 1.90. The van der Waals surface area contributed by atoms with Gasteiger partial charge in [0.1, 0.15) is 6.54 Å². The number of carbonyl (C=O) groups excluding carboxylic acids is 2. The zero-order valence-corrected chi connectivity index (χ0v) is 11.5. The average Bonchev–Trinajstić information content (AvgIpc) is 2.45. The van der Waals surface area contributed by atoms with E-state index in [2.05, 4.69) is 10.6 Å². The molecule has 1 aliphatic heterocycles. The van der Waals surface area contributed by atoms with Crippen molar-refractivity contribution in [3.05, 3.63) is 24.3 Å². The predicted octanol–water partition coefficient (Wildman–Crippen LogP) is 1.41. The van der Waals surface area contributed by atoms with Crippen molar-refractivity contribution in [3.8, 4) is 0 Å². The lowest BCUT2D eigenvalue weighted by molar-refractivity contribution is -0.137. The molecule has 0 unspecified atom stereocenters. The van der Waals surface area contributed by atoms with Crippen LogP contribution >= 0.6 is 0 Å². The van der Waals surface area contributed by atoms with Crippen molar-refractivity contribution >= 4 is 29.3 Å². The van der Waals surface area contributed by atoms with Crippen LogP contribution in [-0.2, 0) is 9.59 Å². The largest absolute Gasteiger partial charge is 0.481 e. The van der Waals surface area contributed by atoms with Crippen LogP contribution in [0.25, 0.3) is 0 Å². The summed E-state index contributed by atoms with van der Waals surface area (Å²) in [4.78, 5) is 35.5. The Labute approximate surface area is 121 Å². The third-order valence-electron chi connectivity index (χ3n) is 3.11. The van der Waals surface area contributed by atoms with Crippen molar-refractivity contribution in [1.82, 2.24) is 5.32 Å². The minimum absolute atomic E-state index is 0.0298. The van der Waals surface area contributed by atoms with Gasteiger partial charge in [-0.25, -0.2) is 4.79 Å². The number of amides is 3. The van der Waals surface area contributed by atoms with Crippen molar-refractivity contribution in [1.29, 1.82) is 0 Å². The lowest BCUT2D eigenvalue weighted by atomic mass is 10.2. The number of carboxylic acid groups (broad SMARTS) is 1. The first kappa shape index (κ1) is 14.8. The van der Waals surface area contributed by atoms with E-state index < -0.39 is 5.97 Å². The van der Waals surface area contributed by atoms with Crippen LogP contribution in [0, 0.1) is 0 Å². The van der Waals surface area contributed by atoms with E-state index in [1.807, 2.05) is 0 Å². The second-order valence-corrected chi connectivity index (χ2v) is 4.73. The molecule has 0 atom stereocenters. The van der Waals surface area contributed by atoms with Gasteiger partial charge in [0.15, 0.2) is 0 Å². The molecule has 1 heterocycles. The molecule has 21 heavy (non-hydrogen) atoms. The van der Waals surface area contributed by atoms with Crippen LogP contribution in [0.4, 0.5) is 16.2 Å². The first-order valence-electron chi connectivity index (χ1n) is 6.74. The minimum atomic E-state index is -0.844. The zero-order valence-electron chi connectivity index (χ0n) is 11.5. The number of urea groups is 1. The maximum atomic E-state index is 12.1. The van der Waals surface area contributed by atoms with E-state index >= 15 is 0 Å². The molecule has 0 radical (unpaired) electrons. The van der Waals surface area contributed by atoms with Crippen LogP contribution in [0.15, 0.2) is 24.3 Å². The Kier molecular flexibility index (Phi) is 4.76. The zero-order chi connectivity index (χ0) is 15.2. The highest BCUT2D eigenvalue weighted by atomic mass is 16.4. The highest BCUT2D eigenvalue weighted by molar-refractivity contribution is 6.09. The van der Waals surface area contributed by atoms with Gasteiger partial charge < -0.3 is 15.7 Å². The molecule has 1 aliphatic rings. The van der Waals surface area contributed by atoms with Gasteiger partial charge in [-0.15, -0.1) is 0 Å². The molecule has 3 amide bonds. The standard InChI is InChI=1S/C14H17N3O4/c18-12-9-17(11-6-2-1-5-10(11)16-12)14(21)15-8-4-3-7-13(19)20/h1-2,5-6H,3-4,7-9H2,(H,15,21)(H,16,18)(H,19,20). The predicted molar refractivity (Wildman–Crippen MR) is 77.3 cm³/mol. The second kappa shape index (κ2) is 6.74. The molecule has 0 fully saturated rings. The van der Waals surface area contributed by atoms with Gasteiger partial charge in [0, 0.05) is 13.0 Å². The van der Waals surface area contributed by atoms with Crippen LogP contribution in [0.5, 0.6) is 0 Å². The summed E-state index contributed by atoms with van der Waals surface area (Å²) in [5.41, 5.74) is 1.26. The molecule has 0 spiro atoms. The molecule has 7 heteroatoms. The second-order valence-electron chi connectivity index (χ2n) is 4.73. The number of benzene rings is 1. The molecule has 1 aromatic carbocycles. The third-order valence-corrected chi connectivity index (χ3v) is 3.11. The van der Waals surface area contributed by atoms with Crippen LogP contribution in [0.3, 0.4) is 0 Å². The average molecular weight is 291 g/mol. The topological polar surface area (TPSA) is 98.7 Å². The summed E-state index contributed by atoms with van der Waals surface area (Å²) >= 11 is 0. The van der Waals surface area contributed by atoms with Crippen molar-refractivity contribution in [2.75, 3.05) is 23.3 Å². The van der Waals surface area contributed by atoms with E-state index in [9.17, 15) is 14.4 Å². The lowest BCUT2D eigenvalue weighted by Crippen LogP contribution is -2.47. The quantitative estimate of drug-likeness (QED) is 0.714. The van der Waals surface area contributed by atoms with Crippen LogP contribution < -0.4 is 15.5 Å². The smallest absolute Gasteiger partial charge is 0.322 e. The molecule has 0 aromatic heterocycles. The molecule has 0 aliphatic carbocycles. The molecule has 1 aromatic rings. The molecular weight excluding hydrogens is 274 g/mol. The summed E-state index contributed by atoms with van der Waals surface area (Å²) in [6.45, 7) is 0.352. The Morgan fingerprint density at radius 1 is 1.29 bits per heavy atom. The molecule has 7 nitrogen and oxygen atoms in total. The van der Waals surface area contributed by atoms with Gasteiger partial charge >= 0.3 is 12.0 Å². The summed E-state index contributed by atoms with van der Waals surface area (Å²) in [6, 6.07) is 6.72. The molecule has 0 saturated carbocycles. The highest BCUT2D eigenvalue weighted by Crippen LogP contribution is 2.28. The Bertz CT molecular complexity index is 559. The van der Waals surface area contributed by atoms with Gasteiger partial charge in [0.2, 0.25) is 5.91 Å². The lowest BCUT2D eigenvalue weighted by Gasteiger charge is -2.29. The summed E-state index contributed by atoms with van der Waals surface area (Å²) in [6.07, 6.45) is 1.18. The Hall–Kier alpha value is -2.57. The number of hydrogen-bond donors (Lipinski definition) is 3. The molecular formula is C14H17N3O4. The molecule has 3 N–H and O–H groups in total. The SMILES string of the molecule is O=C(O)CCCCNC(=O)N1CC(=O)Nc2ccccc21. The molecule has 2 rings (SSSR count). The van der Waals surface area contributed by atoms with Crippen LogP contribution in [0.1, 0.15) is 19.3 Å².